The molecule has 1 rings (SSSR count). The van der Waals surface area contributed by atoms with E-state index in [-0.39, 0.29) is 0 Å². The number of ether oxygens (including phenoxy) is 1. The van der Waals surface area contributed by atoms with Crippen molar-refractivity contribution >= 4 is 33.3 Å². The second-order valence-electron chi connectivity index (χ2n) is 3.00. The lowest BCUT2D eigenvalue weighted by atomic mass is 10.5. The van der Waals surface area contributed by atoms with E-state index < -0.39 is 0 Å². The summed E-state index contributed by atoms with van der Waals surface area (Å²) in [4.78, 5) is 8.30. The summed E-state index contributed by atoms with van der Waals surface area (Å²) in [5.41, 5.74) is 0. The van der Waals surface area contributed by atoms with Gasteiger partial charge in [0.1, 0.15) is 17.6 Å². The van der Waals surface area contributed by atoms with Crippen LogP contribution in [-0.2, 0) is 11.3 Å². The van der Waals surface area contributed by atoms with Crippen molar-refractivity contribution in [2.45, 2.75) is 13.5 Å². The first-order valence-electron chi connectivity index (χ1n) is 4.80. The minimum atomic E-state index is 0.362. The van der Waals surface area contributed by atoms with E-state index in [0.29, 0.717) is 36.6 Å². The largest absolute Gasteiger partial charge is 0.374 e. The Morgan fingerprint density at radius 1 is 1.62 bits per heavy atom. The number of hydrogen-bond acceptors (Lipinski definition) is 4. The van der Waals surface area contributed by atoms with Crippen LogP contribution in [0.3, 0.4) is 0 Å². The van der Waals surface area contributed by atoms with Crippen molar-refractivity contribution in [1.82, 2.24) is 9.97 Å². The van der Waals surface area contributed by atoms with Gasteiger partial charge in [0.25, 0.3) is 0 Å². The highest BCUT2D eigenvalue weighted by Crippen LogP contribution is 2.13. The molecule has 0 atom stereocenters. The molecule has 0 spiro atoms. The Hall–Kier alpha value is -0.650. The maximum absolute atomic E-state index is 5.86. The Morgan fingerprint density at radius 2 is 2.38 bits per heavy atom. The van der Waals surface area contributed by atoms with Crippen LogP contribution in [-0.4, -0.2) is 23.1 Å². The van der Waals surface area contributed by atoms with E-state index in [0.717, 1.165) is 4.48 Å². The molecule has 0 aliphatic carbocycles. The predicted octanol–water partition coefficient (Wildman–Crippen LogP) is 2.99. The van der Waals surface area contributed by atoms with Gasteiger partial charge in [-0.25, -0.2) is 9.97 Å². The average Bonchev–Trinajstić information content (AvgIpc) is 2.23. The van der Waals surface area contributed by atoms with Crippen LogP contribution in [0.4, 0.5) is 5.82 Å². The van der Waals surface area contributed by atoms with E-state index in [9.17, 15) is 0 Å². The van der Waals surface area contributed by atoms with Gasteiger partial charge in [-0.2, -0.15) is 0 Å². The Balaban J connectivity index is 2.69. The number of halogens is 2. The summed E-state index contributed by atoms with van der Waals surface area (Å²) in [6.45, 7) is 7.20. The molecule has 0 unspecified atom stereocenters. The zero-order valence-corrected chi connectivity index (χ0v) is 11.3. The lowest BCUT2D eigenvalue weighted by Gasteiger charge is -2.07. The monoisotopic (exact) mass is 305 g/mol. The van der Waals surface area contributed by atoms with Crippen LogP contribution in [0.15, 0.2) is 17.1 Å². The second kappa shape index (κ2) is 6.83. The lowest BCUT2D eigenvalue weighted by Crippen LogP contribution is -2.06. The first kappa shape index (κ1) is 13.4. The molecule has 88 valence electrons. The van der Waals surface area contributed by atoms with Crippen LogP contribution < -0.4 is 5.32 Å². The van der Waals surface area contributed by atoms with Crippen LogP contribution >= 0.6 is 27.5 Å². The van der Waals surface area contributed by atoms with Gasteiger partial charge in [0.05, 0.1) is 0 Å². The highest BCUT2D eigenvalue weighted by molar-refractivity contribution is 9.11. The summed E-state index contributed by atoms with van der Waals surface area (Å²) >= 11 is 9.12. The van der Waals surface area contributed by atoms with Crippen molar-refractivity contribution in [3.8, 4) is 0 Å². The Labute approximate surface area is 108 Å². The summed E-state index contributed by atoms with van der Waals surface area (Å²) in [6, 6.07) is 1.66. The minimum absolute atomic E-state index is 0.362. The van der Waals surface area contributed by atoms with Gasteiger partial charge >= 0.3 is 0 Å². The fourth-order valence-corrected chi connectivity index (χ4v) is 1.34. The third-order valence-corrected chi connectivity index (χ3v) is 2.11. The normalized spacial score (nSPS) is 10.2. The molecule has 0 fully saturated rings. The van der Waals surface area contributed by atoms with Crippen molar-refractivity contribution in [3.05, 3.63) is 28.1 Å². The molecular weight excluding hydrogens is 293 g/mol. The number of aromatic nitrogens is 2. The SMILES string of the molecule is C=C(Br)CNc1cc(Cl)nc(COCC)n1. The smallest absolute Gasteiger partial charge is 0.158 e. The third-order valence-electron chi connectivity index (χ3n) is 1.64. The van der Waals surface area contributed by atoms with Gasteiger partial charge in [-0.05, 0) is 6.92 Å². The molecule has 16 heavy (non-hydrogen) atoms. The highest BCUT2D eigenvalue weighted by atomic mass is 79.9. The van der Waals surface area contributed by atoms with Crippen LogP contribution in [0.2, 0.25) is 5.15 Å². The number of rotatable bonds is 6. The Morgan fingerprint density at radius 3 is 3.00 bits per heavy atom. The van der Waals surface area contributed by atoms with Crippen molar-refractivity contribution in [2.75, 3.05) is 18.5 Å². The Bertz CT molecular complexity index is 373. The van der Waals surface area contributed by atoms with E-state index in [1.807, 2.05) is 6.92 Å². The summed E-state index contributed by atoms with van der Waals surface area (Å²) in [6.07, 6.45) is 0. The minimum Gasteiger partial charge on any atom is -0.374 e. The van der Waals surface area contributed by atoms with Crippen molar-refractivity contribution < 1.29 is 4.74 Å². The summed E-state index contributed by atoms with van der Waals surface area (Å²) in [5.74, 6) is 1.23. The van der Waals surface area contributed by atoms with Crippen LogP contribution in [0.1, 0.15) is 12.7 Å². The summed E-state index contributed by atoms with van der Waals surface area (Å²) < 4.78 is 6.06. The molecule has 1 N–H and O–H groups in total. The molecular formula is C10H13BrClN3O. The van der Waals surface area contributed by atoms with Gasteiger partial charge in [-0.15, -0.1) is 0 Å². The first-order chi connectivity index (χ1) is 7.61. The quantitative estimate of drug-likeness (QED) is 0.821. The van der Waals surface area contributed by atoms with Gasteiger partial charge in [0, 0.05) is 23.7 Å². The summed E-state index contributed by atoms with van der Waals surface area (Å²) in [5, 5.41) is 3.46. The first-order valence-corrected chi connectivity index (χ1v) is 5.97. The van der Waals surface area contributed by atoms with Crippen molar-refractivity contribution in [2.24, 2.45) is 0 Å². The number of nitrogens with zero attached hydrogens (tertiary/aromatic N) is 2. The van der Waals surface area contributed by atoms with Crippen LogP contribution in [0, 0.1) is 0 Å². The molecule has 6 heteroatoms. The van der Waals surface area contributed by atoms with Gasteiger partial charge in [-0.3, -0.25) is 0 Å². The molecule has 0 radical (unpaired) electrons. The van der Waals surface area contributed by atoms with Gasteiger partial charge in [0.15, 0.2) is 5.82 Å². The number of anilines is 1. The predicted molar refractivity (Wildman–Crippen MR) is 68.9 cm³/mol. The molecule has 1 aromatic rings. The van der Waals surface area contributed by atoms with E-state index in [1.165, 1.54) is 0 Å². The second-order valence-corrected chi connectivity index (χ2v) is 4.51. The maximum atomic E-state index is 5.86. The number of nitrogens with one attached hydrogen (secondary N) is 1. The molecule has 0 saturated carbocycles. The van der Waals surface area contributed by atoms with Gasteiger partial charge < -0.3 is 10.1 Å². The van der Waals surface area contributed by atoms with E-state index >= 15 is 0 Å². The van der Waals surface area contributed by atoms with Gasteiger partial charge in [0.2, 0.25) is 0 Å². The summed E-state index contributed by atoms with van der Waals surface area (Å²) in [7, 11) is 0. The zero-order chi connectivity index (χ0) is 12.0. The average molecular weight is 307 g/mol. The molecule has 1 aromatic heterocycles. The molecule has 0 aromatic carbocycles. The van der Waals surface area contributed by atoms with E-state index in [4.69, 9.17) is 16.3 Å². The molecule has 0 bridgehead atoms. The topological polar surface area (TPSA) is 47.0 Å². The number of hydrogen-bond donors (Lipinski definition) is 1. The molecule has 0 saturated heterocycles. The van der Waals surface area contributed by atoms with Crippen molar-refractivity contribution in [3.63, 3.8) is 0 Å². The van der Waals surface area contributed by atoms with Crippen LogP contribution in [0.5, 0.6) is 0 Å². The molecule has 0 aliphatic rings. The maximum Gasteiger partial charge on any atom is 0.158 e. The van der Waals surface area contributed by atoms with Crippen molar-refractivity contribution in [1.29, 1.82) is 0 Å². The van der Waals surface area contributed by atoms with Crippen LogP contribution in [0.25, 0.3) is 0 Å². The van der Waals surface area contributed by atoms with E-state index in [2.05, 4.69) is 37.8 Å². The highest BCUT2D eigenvalue weighted by Gasteiger charge is 2.03. The zero-order valence-electron chi connectivity index (χ0n) is 8.96. The van der Waals surface area contributed by atoms with Gasteiger partial charge in [-0.1, -0.05) is 34.1 Å². The molecule has 1 heterocycles. The third kappa shape index (κ3) is 4.92. The molecule has 0 aliphatic heterocycles. The van der Waals surface area contributed by atoms with E-state index in [1.54, 1.807) is 6.07 Å². The molecule has 0 amide bonds. The lowest BCUT2D eigenvalue weighted by molar-refractivity contribution is 0.128. The standard InChI is InChI=1S/C10H13BrClN3O/c1-3-16-6-10-14-8(12)4-9(15-10)13-5-7(2)11/h4H,2-3,5-6H2,1H3,(H,13,14,15). The fraction of sp³-hybridized carbons (Fsp3) is 0.400. The molecule has 4 nitrogen and oxygen atoms in total. The Kier molecular flexibility index (Phi) is 5.73. The fourth-order valence-electron chi connectivity index (χ4n) is 1.000.